The number of Topliss-reactive ketones (excluding diaryl/α,β-unsaturated/α-hetero) is 1. The van der Waals surface area contributed by atoms with Crippen LogP contribution in [-0.4, -0.2) is 61.5 Å². The molecule has 4 nitrogen and oxygen atoms in total. The van der Waals surface area contributed by atoms with Crippen molar-refractivity contribution in [2.45, 2.75) is 26.4 Å². The van der Waals surface area contributed by atoms with Crippen LogP contribution in [0.25, 0.3) is 0 Å². The number of carbonyl (C=O) groups is 1. The fourth-order valence-electron chi connectivity index (χ4n) is 3.70. The minimum Gasteiger partial charge on any atom is -0.372 e. The van der Waals surface area contributed by atoms with E-state index in [0.717, 1.165) is 51.4 Å². The second-order valence-electron chi connectivity index (χ2n) is 7.54. The molecule has 6 heteroatoms. The molecule has 2 aromatic carbocycles. The van der Waals surface area contributed by atoms with Gasteiger partial charge in [-0.3, -0.25) is 9.69 Å². The van der Waals surface area contributed by atoms with E-state index < -0.39 is 0 Å². The maximum atomic E-state index is 12.4. The highest BCUT2D eigenvalue weighted by molar-refractivity contribution is 5.96. The van der Waals surface area contributed by atoms with E-state index in [0.29, 0.717) is 6.42 Å². The second-order valence-corrected chi connectivity index (χ2v) is 7.54. The first-order valence-electron chi connectivity index (χ1n) is 10.4. The summed E-state index contributed by atoms with van der Waals surface area (Å²) in [6.07, 6.45) is 0.718. The molecule has 0 saturated carbocycles. The smallest absolute Gasteiger partial charge is 0.164 e. The van der Waals surface area contributed by atoms with Crippen LogP contribution in [0.15, 0.2) is 54.6 Å². The van der Waals surface area contributed by atoms with E-state index in [1.807, 2.05) is 37.3 Å². The first kappa shape index (κ1) is 26.6. The molecule has 0 bridgehead atoms. The Morgan fingerprint density at radius 2 is 1.53 bits per heavy atom. The van der Waals surface area contributed by atoms with Crippen LogP contribution in [0.4, 0.5) is 0 Å². The van der Waals surface area contributed by atoms with Gasteiger partial charge in [-0.1, -0.05) is 60.2 Å². The van der Waals surface area contributed by atoms with Crippen molar-refractivity contribution in [3.05, 3.63) is 71.3 Å². The molecule has 1 aliphatic rings. The molecule has 0 amide bonds. The quantitative estimate of drug-likeness (QED) is 0.511. The van der Waals surface area contributed by atoms with Gasteiger partial charge in [0.15, 0.2) is 5.78 Å². The van der Waals surface area contributed by atoms with Gasteiger partial charge in [0.25, 0.3) is 0 Å². The lowest BCUT2D eigenvalue weighted by atomic mass is 10.1. The van der Waals surface area contributed by atoms with Crippen LogP contribution in [0.5, 0.6) is 0 Å². The fraction of sp³-hybridized carbons (Fsp3) is 0.458. The molecule has 2 aromatic rings. The Kier molecular flexibility index (Phi) is 12.2. The summed E-state index contributed by atoms with van der Waals surface area (Å²) in [6, 6.07) is 18.4. The molecule has 0 radical (unpaired) electrons. The number of carbonyl (C=O) groups excluding carboxylic acids is 1. The van der Waals surface area contributed by atoms with Gasteiger partial charge in [-0.2, -0.15) is 0 Å². The maximum absolute atomic E-state index is 12.4. The number of hydrogen-bond donors (Lipinski definition) is 0. The Balaban J connectivity index is 0.00000225. The first-order valence-corrected chi connectivity index (χ1v) is 10.4. The fourth-order valence-corrected chi connectivity index (χ4v) is 3.70. The lowest BCUT2D eigenvalue weighted by molar-refractivity contribution is 0.0183. The molecular formula is C24H34Cl2N2O2. The minimum atomic E-state index is 0. The molecule has 1 heterocycles. The van der Waals surface area contributed by atoms with Crippen LogP contribution in [0, 0.1) is 6.92 Å². The number of nitrogens with zero attached hydrogens (tertiary/aromatic N) is 2. The zero-order valence-corrected chi connectivity index (χ0v) is 19.6. The lowest BCUT2D eigenvalue weighted by Gasteiger charge is -2.36. The Labute approximate surface area is 193 Å². The number of rotatable bonds is 9. The summed E-state index contributed by atoms with van der Waals surface area (Å²) in [5.74, 6) is 0.239. The van der Waals surface area contributed by atoms with E-state index in [4.69, 9.17) is 4.74 Å². The SMILES string of the molecule is CCOC(CN1CCN(CCC(=O)c2ccc(C)cc2)CC1)c1ccccc1.Cl.Cl. The van der Waals surface area contributed by atoms with Crippen molar-refractivity contribution in [2.75, 3.05) is 45.9 Å². The van der Waals surface area contributed by atoms with Gasteiger partial charge in [-0.15, -0.1) is 24.8 Å². The van der Waals surface area contributed by atoms with E-state index >= 15 is 0 Å². The normalized spacial score (nSPS) is 15.7. The average molecular weight is 453 g/mol. The predicted octanol–water partition coefficient (Wildman–Crippen LogP) is 4.81. The van der Waals surface area contributed by atoms with Crippen molar-refractivity contribution < 1.29 is 9.53 Å². The molecule has 166 valence electrons. The number of benzene rings is 2. The molecule has 1 saturated heterocycles. The average Bonchev–Trinajstić information content (AvgIpc) is 2.74. The molecule has 1 atom stereocenters. The van der Waals surface area contributed by atoms with Crippen molar-refractivity contribution in [3.8, 4) is 0 Å². The van der Waals surface area contributed by atoms with Crippen LogP contribution < -0.4 is 0 Å². The maximum Gasteiger partial charge on any atom is 0.164 e. The van der Waals surface area contributed by atoms with Gasteiger partial charge in [-0.05, 0) is 19.4 Å². The Morgan fingerprint density at radius 3 is 2.13 bits per heavy atom. The molecule has 1 fully saturated rings. The van der Waals surface area contributed by atoms with Gasteiger partial charge in [0.05, 0.1) is 6.10 Å². The molecule has 1 aliphatic heterocycles. The zero-order valence-electron chi connectivity index (χ0n) is 18.0. The standard InChI is InChI=1S/C24H32N2O2.2ClH/c1-3-28-24(22-7-5-4-6-8-22)19-26-17-15-25(16-18-26)14-13-23(27)21-11-9-20(2)10-12-21;;/h4-12,24H,3,13-19H2,1-2H3;2*1H. The summed E-state index contributed by atoms with van der Waals surface area (Å²) in [5.41, 5.74) is 3.26. The molecule has 3 rings (SSSR count). The molecular weight excluding hydrogens is 419 g/mol. The van der Waals surface area contributed by atoms with E-state index in [-0.39, 0.29) is 36.7 Å². The molecule has 30 heavy (non-hydrogen) atoms. The number of piperazine rings is 1. The van der Waals surface area contributed by atoms with Gasteiger partial charge in [0, 0.05) is 57.9 Å². The van der Waals surface area contributed by atoms with Gasteiger partial charge in [0.1, 0.15) is 0 Å². The van der Waals surface area contributed by atoms with Gasteiger partial charge >= 0.3 is 0 Å². The summed E-state index contributed by atoms with van der Waals surface area (Å²) in [6.45, 7) is 10.7. The van der Waals surface area contributed by atoms with Gasteiger partial charge < -0.3 is 9.64 Å². The highest BCUT2D eigenvalue weighted by Gasteiger charge is 2.21. The van der Waals surface area contributed by atoms with Crippen LogP contribution in [0.2, 0.25) is 0 Å². The third-order valence-corrected chi connectivity index (χ3v) is 5.46. The van der Waals surface area contributed by atoms with Crippen molar-refractivity contribution in [3.63, 3.8) is 0 Å². The number of ether oxygens (including phenoxy) is 1. The summed E-state index contributed by atoms with van der Waals surface area (Å²) < 4.78 is 5.99. The Bertz CT molecular complexity index is 733. The second kappa shape index (κ2) is 13.8. The summed E-state index contributed by atoms with van der Waals surface area (Å²) in [4.78, 5) is 17.3. The summed E-state index contributed by atoms with van der Waals surface area (Å²) in [5, 5.41) is 0. The molecule has 0 aliphatic carbocycles. The van der Waals surface area contributed by atoms with Crippen molar-refractivity contribution in [1.82, 2.24) is 9.80 Å². The van der Waals surface area contributed by atoms with Crippen molar-refractivity contribution >= 4 is 30.6 Å². The molecule has 1 unspecified atom stereocenters. The highest BCUT2D eigenvalue weighted by atomic mass is 35.5. The van der Waals surface area contributed by atoms with E-state index in [9.17, 15) is 4.79 Å². The Hall–Kier alpha value is -1.43. The van der Waals surface area contributed by atoms with E-state index in [1.54, 1.807) is 0 Å². The van der Waals surface area contributed by atoms with Crippen molar-refractivity contribution in [2.24, 2.45) is 0 Å². The number of ketones is 1. The number of halogens is 2. The topological polar surface area (TPSA) is 32.8 Å². The molecule has 0 N–H and O–H groups in total. The number of hydrogen-bond acceptors (Lipinski definition) is 4. The summed E-state index contributed by atoms with van der Waals surface area (Å²) >= 11 is 0. The summed E-state index contributed by atoms with van der Waals surface area (Å²) in [7, 11) is 0. The molecule has 0 spiro atoms. The molecule has 0 aromatic heterocycles. The van der Waals surface area contributed by atoms with Crippen LogP contribution in [-0.2, 0) is 4.74 Å². The van der Waals surface area contributed by atoms with Gasteiger partial charge in [-0.25, -0.2) is 0 Å². The Morgan fingerprint density at radius 1 is 0.933 bits per heavy atom. The largest absolute Gasteiger partial charge is 0.372 e. The van der Waals surface area contributed by atoms with Crippen LogP contribution in [0.1, 0.15) is 40.9 Å². The van der Waals surface area contributed by atoms with Crippen molar-refractivity contribution in [1.29, 1.82) is 0 Å². The number of aryl methyl sites for hydroxylation is 1. The van der Waals surface area contributed by atoms with E-state index in [2.05, 4.69) is 41.0 Å². The highest BCUT2D eigenvalue weighted by Crippen LogP contribution is 2.19. The zero-order chi connectivity index (χ0) is 19.8. The monoisotopic (exact) mass is 452 g/mol. The lowest BCUT2D eigenvalue weighted by Crippen LogP contribution is -2.48. The third kappa shape index (κ3) is 8.01. The van der Waals surface area contributed by atoms with Crippen LogP contribution >= 0.6 is 24.8 Å². The predicted molar refractivity (Wildman–Crippen MR) is 128 cm³/mol. The van der Waals surface area contributed by atoms with Crippen LogP contribution in [0.3, 0.4) is 0 Å². The van der Waals surface area contributed by atoms with Gasteiger partial charge in [0.2, 0.25) is 0 Å². The third-order valence-electron chi connectivity index (χ3n) is 5.46. The van der Waals surface area contributed by atoms with E-state index in [1.165, 1.54) is 11.1 Å². The first-order chi connectivity index (χ1) is 13.7. The minimum absolute atomic E-state index is 0.